The zero-order valence-electron chi connectivity index (χ0n) is 18.9. The SMILES string of the molecule is COc1ccc2cc(C#CP(Br)(c3ccccc3)(c3ccccc3)c3ccccc3)ccc2c1. The third-order valence-corrected chi connectivity index (χ3v) is 14.7. The van der Waals surface area contributed by atoms with Gasteiger partial charge < -0.3 is 0 Å². The summed E-state index contributed by atoms with van der Waals surface area (Å²) < 4.78 is 5.38. The van der Waals surface area contributed by atoms with E-state index in [1.54, 1.807) is 7.11 Å². The molecule has 0 unspecified atom stereocenters. The molecule has 0 radical (unpaired) electrons. The fourth-order valence-corrected chi connectivity index (χ4v) is 10.6. The number of hydrogen-bond donors (Lipinski definition) is 0. The molecule has 0 amide bonds. The van der Waals surface area contributed by atoms with Crippen LogP contribution in [0.15, 0.2) is 127 Å². The van der Waals surface area contributed by atoms with Gasteiger partial charge in [0.15, 0.2) is 0 Å². The van der Waals surface area contributed by atoms with Crippen LogP contribution in [0, 0.1) is 11.6 Å². The van der Waals surface area contributed by atoms with Crippen molar-refractivity contribution in [2.24, 2.45) is 0 Å². The quantitative estimate of drug-likeness (QED) is 0.182. The van der Waals surface area contributed by atoms with E-state index in [-0.39, 0.29) is 0 Å². The van der Waals surface area contributed by atoms with Gasteiger partial charge in [0.05, 0.1) is 0 Å². The molecule has 5 aromatic carbocycles. The molecule has 0 bridgehead atoms. The Labute approximate surface area is 209 Å². The molecule has 0 aliphatic rings. The van der Waals surface area contributed by atoms with Gasteiger partial charge in [0.1, 0.15) is 0 Å². The van der Waals surface area contributed by atoms with Gasteiger partial charge in [-0.3, -0.25) is 0 Å². The first-order valence-corrected chi connectivity index (χ1v) is 15.4. The van der Waals surface area contributed by atoms with Crippen molar-refractivity contribution in [2.45, 2.75) is 0 Å². The number of ether oxygens (including phenoxy) is 1. The van der Waals surface area contributed by atoms with Crippen LogP contribution in [0.1, 0.15) is 5.56 Å². The second-order valence-corrected chi connectivity index (χ2v) is 16.2. The molecule has 3 heteroatoms. The molecule has 0 N–H and O–H groups in total. The number of fused-ring (bicyclic) bond motifs is 1. The van der Waals surface area contributed by atoms with Crippen molar-refractivity contribution >= 4 is 47.5 Å². The van der Waals surface area contributed by atoms with Crippen LogP contribution in [0.3, 0.4) is 0 Å². The Morgan fingerprint density at radius 2 is 1.06 bits per heavy atom. The maximum atomic E-state index is 5.38. The minimum atomic E-state index is -3.28. The van der Waals surface area contributed by atoms with E-state index >= 15 is 0 Å². The van der Waals surface area contributed by atoms with Crippen molar-refractivity contribution in [1.29, 1.82) is 0 Å². The first kappa shape index (κ1) is 22.4. The van der Waals surface area contributed by atoms with E-state index in [0.717, 1.165) is 22.1 Å². The standard InChI is InChI=1S/C31H24BrOP/c1-33-28-20-19-26-23-25(17-18-27(26)24-28)21-22-34(32,29-11-5-2-6-12-29,30-13-7-3-8-14-30)31-15-9-4-10-16-31/h2-20,23-24H,1H3. The number of methoxy groups -OCH3 is 1. The van der Waals surface area contributed by atoms with Crippen molar-refractivity contribution < 1.29 is 4.74 Å². The van der Waals surface area contributed by atoms with Crippen molar-refractivity contribution in [3.8, 4) is 17.3 Å². The number of rotatable bonds is 4. The molecule has 0 saturated heterocycles. The van der Waals surface area contributed by atoms with E-state index in [1.807, 2.05) is 6.07 Å². The zero-order valence-corrected chi connectivity index (χ0v) is 21.3. The van der Waals surface area contributed by atoms with E-state index in [9.17, 15) is 0 Å². The van der Waals surface area contributed by atoms with Crippen molar-refractivity contribution in [1.82, 2.24) is 0 Å². The maximum absolute atomic E-state index is 5.38. The summed E-state index contributed by atoms with van der Waals surface area (Å²) in [4.78, 5) is 0. The van der Waals surface area contributed by atoms with Gasteiger partial charge in [0.25, 0.3) is 0 Å². The third-order valence-electron chi connectivity index (χ3n) is 6.18. The molecule has 5 rings (SSSR count). The van der Waals surface area contributed by atoms with Crippen LogP contribution in [0.25, 0.3) is 10.8 Å². The van der Waals surface area contributed by atoms with E-state index < -0.39 is 5.31 Å². The Hall–Kier alpha value is -3.37. The van der Waals surface area contributed by atoms with Crippen LogP contribution < -0.4 is 20.7 Å². The fraction of sp³-hybridized carbons (Fsp3) is 0.0323. The van der Waals surface area contributed by atoms with Crippen LogP contribution in [0.2, 0.25) is 0 Å². The summed E-state index contributed by atoms with van der Waals surface area (Å²) >= 11 is 4.38. The molecule has 0 atom stereocenters. The molecule has 166 valence electrons. The number of halogens is 1. The van der Waals surface area contributed by atoms with Crippen LogP contribution in [-0.4, -0.2) is 7.11 Å². The summed E-state index contributed by atoms with van der Waals surface area (Å²) in [6.07, 6.45) is 0. The van der Waals surface area contributed by atoms with Crippen molar-refractivity contribution in [3.05, 3.63) is 133 Å². The molecular weight excluding hydrogens is 499 g/mol. The molecule has 0 aliphatic carbocycles. The molecule has 0 aliphatic heterocycles. The Bertz CT molecular complexity index is 1400. The number of hydrogen-bond acceptors (Lipinski definition) is 1. The predicted molar refractivity (Wildman–Crippen MR) is 151 cm³/mol. The fourth-order valence-electron chi connectivity index (χ4n) is 4.36. The Morgan fingerprint density at radius 1 is 0.588 bits per heavy atom. The van der Waals surface area contributed by atoms with E-state index in [2.05, 4.69) is 148 Å². The molecule has 0 saturated carbocycles. The average molecular weight is 523 g/mol. The molecule has 0 spiro atoms. The van der Waals surface area contributed by atoms with Crippen molar-refractivity contribution in [2.75, 3.05) is 7.11 Å². The van der Waals surface area contributed by atoms with Gasteiger partial charge in [-0.15, -0.1) is 0 Å². The van der Waals surface area contributed by atoms with Gasteiger partial charge in [0.2, 0.25) is 0 Å². The normalized spacial score (nSPS) is 12.2. The Balaban J connectivity index is 1.79. The van der Waals surface area contributed by atoms with E-state index in [4.69, 9.17) is 4.74 Å². The van der Waals surface area contributed by atoms with E-state index in [0.29, 0.717) is 0 Å². The first-order chi connectivity index (χ1) is 16.6. The third kappa shape index (κ3) is 3.82. The van der Waals surface area contributed by atoms with E-state index in [1.165, 1.54) is 15.9 Å². The Morgan fingerprint density at radius 3 is 1.56 bits per heavy atom. The summed E-state index contributed by atoms with van der Waals surface area (Å²) in [5, 5.41) is 2.55. The van der Waals surface area contributed by atoms with Crippen LogP contribution >= 0.6 is 20.8 Å². The summed E-state index contributed by atoms with van der Waals surface area (Å²) in [6, 6.07) is 44.3. The zero-order chi connectivity index (χ0) is 23.5. The topological polar surface area (TPSA) is 9.23 Å². The molecular formula is C31H24BrOP. The van der Waals surface area contributed by atoms with Crippen LogP contribution in [0.5, 0.6) is 5.75 Å². The molecule has 1 nitrogen and oxygen atoms in total. The van der Waals surface area contributed by atoms with Gasteiger partial charge in [-0.1, -0.05) is 0 Å². The first-order valence-electron chi connectivity index (χ1n) is 11.1. The van der Waals surface area contributed by atoms with Crippen LogP contribution in [0.4, 0.5) is 0 Å². The summed E-state index contributed by atoms with van der Waals surface area (Å²) in [7, 11) is 1.69. The summed E-state index contributed by atoms with van der Waals surface area (Å²) in [5.41, 5.74) is 4.82. The Kier molecular flexibility index (Phi) is 6.01. The van der Waals surface area contributed by atoms with Gasteiger partial charge in [-0.05, 0) is 0 Å². The predicted octanol–water partition coefficient (Wildman–Crippen LogP) is 7.00. The molecule has 5 aromatic rings. The van der Waals surface area contributed by atoms with Crippen LogP contribution in [-0.2, 0) is 0 Å². The average Bonchev–Trinajstić information content (AvgIpc) is 2.93. The molecule has 0 heterocycles. The molecule has 0 aromatic heterocycles. The van der Waals surface area contributed by atoms with Gasteiger partial charge in [-0.25, -0.2) is 0 Å². The second kappa shape index (κ2) is 9.11. The van der Waals surface area contributed by atoms with Gasteiger partial charge in [-0.2, -0.15) is 0 Å². The summed E-state index contributed by atoms with van der Waals surface area (Å²) in [6.45, 7) is 0. The minimum absolute atomic E-state index is 0.856. The number of benzene rings is 5. The second-order valence-electron chi connectivity index (χ2n) is 8.18. The molecule has 0 fully saturated rings. The van der Waals surface area contributed by atoms with Gasteiger partial charge >= 0.3 is 210 Å². The molecule has 34 heavy (non-hydrogen) atoms. The van der Waals surface area contributed by atoms with Gasteiger partial charge in [0, 0.05) is 0 Å². The van der Waals surface area contributed by atoms with Crippen molar-refractivity contribution in [3.63, 3.8) is 0 Å². The monoisotopic (exact) mass is 522 g/mol. The summed E-state index contributed by atoms with van der Waals surface area (Å²) in [5.74, 6) is 4.43.